The Labute approximate surface area is 172 Å². The third kappa shape index (κ3) is 4.37. The van der Waals surface area contributed by atoms with Crippen molar-refractivity contribution in [2.75, 3.05) is 7.11 Å². The maximum atomic E-state index is 13.9. The summed E-state index contributed by atoms with van der Waals surface area (Å²) < 4.78 is 83.0. The number of ether oxygens (including phenoxy) is 2. The lowest BCUT2D eigenvalue weighted by molar-refractivity contribution is -0.140. The number of aryl methyl sites for hydroxylation is 2. The first-order valence-electron chi connectivity index (χ1n) is 8.91. The predicted molar refractivity (Wildman–Crippen MR) is 98.1 cm³/mol. The molecule has 5 nitrogen and oxygen atoms in total. The Hall–Kier alpha value is -3.43. The van der Waals surface area contributed by atoms with E-state index in [4.69, 9.17) is 9.15 Å². The van der Waals surface area contributed by atoms with Crippen molar-refractivity contribution in [3.05, 3.63) is 74.4 Å². The molecule has 0 saturated heterocycles. The van der Waals surface area contributed by atoms with Crippen LogP contribution in [-0.2, 0) is 22.6 Å². The molecule has 1 heterocycles. The molecule has 0 unspecified atom stereocenters. The van der Waals surface area contributed by atoms with E-state index in [9.17, 15) is 31.5 Å². The van der Waals surface area contributed by atoms with Crippen LogP contribution in [0, 0.1) is 36.0 Å². The Morgan fingerprint density at radius 3 is 2.19 bits per heavy atom. The van der Waals surface area contributed by atoms with Crippen molar-refractivity contribution in [3.63, 3.8) is 0 Å². The first-order valence-corrected chi connectivity index (χ1v) is 8.91. The van der Waals surface area contributed by atoms with E-state index in [0.717, 1.165) is 0 Å². The summed E-state index contributed by atoms with van der Waals surface area (Å²) in [6.07, 6.45) is 0.00431. The number of hydrogen-bond acceptors (Lipinski definition) is 5. The first kappa shape index (κ1) is 22.3. The van der Waals surface area contributed by atoms with Gasteiger partial charge in [-0.15, -0.1) is 0 Å². The van der Waals surface area contributed by atoms with Crippen molar-refractivity contribution >= 4 is 16.9 Å². The van der Waals surface area contributed by atoms with Crippen molar-refractivity contribution < 1.29 is 40.6 Å². The molecule has 0 spiro atoms. The van der Waals surface area contributed by atoms with E-state index in [-0.39, 0.29) is 24.2 Å². The topological polar surface area (TPSA) is 65.7 Å². The molecule has 1 aromatic heterocycles. The lowest BCUT2D eigenvalue weighted by atomic mass is 10.0. The highest BCUT2D eigenvalue weighted by Gasteiger charge is 2.26. The minimum Gasteiger partial charge on any atom is -0.488 e. The Morgan fingerprint density at radius 2 is 1.58 bits per heavy atom. The fraction of sp³-hybridized carbons (Fsp3) is 0.238. The van der Waals surface area contributed by atoms with Crippen LogP contribution in [0.3, 0.4) is 0 Å². The van der Waals surface area contributed by atoms with Crippen LogP contribution in [0.5, 0.6) is 5.75 Å². The lowest BCUT2D eigenvalue weighted by Crippen LogP contribution is -2.11. The zero-order valence-corrected chi connectivity index (χ0v) is 16.3. The number of rotatable bonds is 6. The molecule has 0 N–H and O–H groups in total. The van der Waals surface area contributed by atoms with Gasteiger partial charge in [-0.25, -0.2) is 26.7 Å². The smallest absolute Gasteiger partial charge is 0.336 e. The van der Waals surface area contributed by atoms with Crippen LogP contribution in [0.15, 0.2) is 27.4 Å². The molecule has 0 bridgehead atoms. The van der Waals surface area contributed by atoms with Crippen LogP contribution >= 0.6 is 0 Å². The minimum absolute atomic E-state index is 0.0610. The molecule has 31 heavy (non-hydrogen) atoms. The van der Waals surface area contributed by atoms with Gasteiger partial charge >= 0.3 is 11.6 Å². The lowest BCUT2D eigenvalue weighted by Gasteiger charge is -2.14. The Kier molecular flexibility index (Phi) is 6.28. The summed E-state index contributed by atoms with van der Waals surface area (Å²) in [7, 11) is 1.20. The molecule has 3 aromatic rings. The number of carbonyl (C=O) groups excluding carboxylic acids is 1. The van der Waals surface area contributed by atoms with E-state index in [1.54, 1.807) is 13.0 Å². The van der Waals surface area contributed by atoms with Crippen molar-refractivity contribution in [1.29, 1.82) is 0 Å². The highest BCUT2D eigenvalue weighted by Crippen LogP contribution is 2.30. The van der Waals surface area contributed by atoms with Crippen LogP contribution < -0.4 is 10.4 Å². The molecule has 2 aromatic carbocycles. The molecule has 3 rings (SSSR count). The Balaban J connectivity index is 2.04. The number of benzene rings is 2. The average molecular weight is 442 g/mol. The van der Waals surface area contributed by atoms with Crippen molar-refractivity contribution in [3.8, 4) is 5.75 Å². The molecule has 0 saturated carbocycles. The molecule has 164 valence electrons. The van der Waals surface area contributed by atoms with Crippen LogP contribution in [0.1, 0.15) is 23.1 Å². The number of hydrogen-bond donors (Lipinski definition) is 0. The fourth-order valence-electron chi connectivity index (χ4n) is 2.99. The molecule has 0 aliphatic rings. The standard InChI is InChI=1S/C21H15F5O5/c1-9-5-16(28)31-14-7-13(10(6-11(9)14)3-4-15(27)29-2)30-8-12-17(22)19(24)21(26)20(25)18(12)23/h5-7H,3-4,8H2,1-2H3. The summed E-state index contributed by atoms with van der Waals surface area (Å²) in [5, 5.41) is 0.517. The second-order valence-corrected chi connectivity index (χ2v) is 6.62. The van der Waals surface area contributed by atoms with Crippen molar-refractivity contribution in [1.82, 2.24) is 0 Å². The molecule has 0 amide bonds. The normalized spacial score (nSPS) is 11.1. The largest absolute Gasteiger partial charge is 0.488 e. The Morgan fingerprint density at radius 1 is 0.968 bits per heavy atom. The first-order chi connectivity index (χ1) is 14.6. The van der Waals surface area contributed by atoms with E-state index >= 15 is 0 Å². The van der Waals surface area contributed by atoms with Gasteiger partial charge in [0.15, 0.2) is 23.3 Å². The zero-order valence-electron chi connectivity index (χ0n) is 16.3. The quantitative estimate of drug-likeness (QED) is 0.185. The predicted octanol–water partition coefficient (Wildman–Crippen LogP) is 4.48. The van der Waals surface area contributed by atoms with Crippen molar-refractivity contribution in [2.24, 2.45) is 0 Å². The van der Waals surface area contributed by atoms with Gasteiger partial charge in [-0.3, -0.25) is 4.79 Å². The summed E-state index contributed by atoms with van der Waals surface area (Å²) in [6.45, 7) is 0.650. The summed E-state index contributed by atoms with van der Waals surface area (Å²) in [6, 6.07) is 4.05. The van der Waals surface area contributed by atoms with Gasteiger partial charge in [0.25, 0.3) is 0 Å². The van der Waals surface area contributed by atoms with E-state index < -0.39 is 52.9 Å². The van der Waals surface area contributed by atoms with Crippen LogP contribution in [0.2, 0.25) is 0 Å². The van der Waals surface area contributed by atoms with E-state index in [1.165, 1.54) is 19.2 Å². The van der Waals surface area contributed by atoms with Gasteiger partial charge in [-0.05, 0) is 30.5 Å². The molecule has 0 atom stereocenters. The molecule has 0 aliphatic heterocycles. The van der Waals surface area contributed by atoms with Gasteiger partial charge in [0, 0.05) is 23.9 Å². The average Bonchev–Trinajstić information content (AvgIpc) is 2.74. The van der Waals surface area contributed by atoms with Crippen LogP contribution in [-0.4, -0.2) is 13.1 Å². The van der Waals surface area contributed by atoms with E-state index in [0.29, 0.717) is 16.5 Å². The number of esters is 1. The second-order valence-electron chi connectivity index (χ2n) is 6.62. The van der Waals surface area contributed by atoms with Crippen LogP contribution in [0.4, 0.5) is 22.0 Å². The second kappa shape index (κ2) is 8.75. The van der Waals surface area contributed by atoms with Gasteiger partial charge in [0.2, 0.25) is 5.82 Å². The molecule has 0 aliphatic carbocycles. The third-order valence-corrected chi connectivity index (χ3v) is 4.63. The van der Waals surface area contributed by atoms with Gasteiger partial charge < -0.3 is 13.9 Å². The Bertz CT molecular complexity index is 1210. The molecular weight excluding hydrogens is 427 g/mol. The van der Waals surface area contributed by atoms with Gasteiger partial charge in [0.05, 0.1) is 12.7 Å². The minimum atomic E-state index is -2.28. The number of methoxy groups -OCH3 is 1. The summed E-state index contributed by atoms with van der Waals surface area (Å²) >= 11 is 0. The third-order valence-electron chi connectivity index (χ3n) is 4.63. The highest BCUT2D eigenvalue weighted by molar-refractivity contribution is 5.83. The highest BCUT2D eigenvalue weighted by atomic mass is 19.2. The molecule has 0 radical (unpaired) electrons. The van der Waals surface area contributed by atoms with E-state index in [2.05, 4.69) is 4.74 Å². The number of halogens is 5. The van der Waals surface area contributed by atoms with Crippen LogP contribution in [0.25, 0.3) is 11.0 Å². The maximum absolute atomic E-state index is 13.9. The zero-order chi connectivity index (χ0) is 22.9. The molecule has 10 heteroatoms. The maximum Gasteiger partial charge on any atom is 0.336 e. The molecular formula is C21H15F5O5. The van der Waals surface area contributed by atoms with Gasteiger partial charge in [-0.2, -0.15) is 0 Å². The fourth-order valence-corrected chi connectivity index (χ4v) is 2.99. The summed E-state index contributed by atoms with van der Waals surface area (Å²) in [4.78, 5) is 23.1. The monoisotopic (exact) mass is 442 g/mol. The van der Waals surface area contributed by atoms with Gasteiger partial charge in [-0.1, -0.05) is 0 Å². The number of fused-ring (bicyclic) bond motifs is 1. The van der Waals surface area contributed by atoms with E-state index in [1.807, 2.05) is 0 Å². The van der Waals surface area contributed by atoms with Gasteiger partial charge in [0.1, 0.15) is 17.9 Å². The number of carbonyl (C=O) groups is 1. The SMILES string of the molecule is COC(=O)CCc1cc2c(C)cc(=O)oc2cc1OCc1c(F)c(F)c(F)c(F)c1F. The summed E-state index contributed by atoms with van der Waals surface area (Å²) in [5.41, 5.74) is -0.797. The summed E-state index contributed by atoms with van der Waals surface area (Å²) in [5.74, 6) is -11.1. The van der Waals surface area contributed by atoms with Crippen molar-refractivity contribution in [2.45, 2.75) is 26.4 Å². The molecule has 0 fully saturated rings.